The monoisotopic (exact) mass is 345 g/mol. The second-order valence-electron chi connectivity index (χ2n) is 5.35. The van der Waals surface area contributed by atoms with Crippen LogP contribution in [-0.4, -0.2) is 25.0 Å². The molecule has 1 N–H and O–H groups in total. The van der Waals surface area contributed by atoms with Crippen molar-refractivity contribution >= 4 is 11.8 Å². The van der Waals surface area contributed by atoms with Gasteiger partial charge < -0.3 is 4.42 Å². The molecule has 0 aliphatic heterocycles. The van der Waals surface area contributed by atoms with Gasteiger partial charge in [-0.3, -0.25) is 4.57 Å². The third-order valence-electron chi connectivity index (χ3n) is 3.61. The largest absolute Gasteiger partial charge is 0.424 e. The topological polar surface area (TPSA) is 89.6 Å². The van der Waals surface area contributed by atoms with E-state index in [4.69, 9.17) is 4.42 Å². The summed E-state index contributed by atoms with van der Waals surface area (Å²) >= 11 is 1.43. The summed E-state index contributed by atoms with van der Waals surface area (Å²) in [6.07, 6.45) is 1.47. The van der Waals surface area contributed by atoms with Gasteiger partial charge in [-0.25, -0.2) is 9.89 Å². The van der Waals surface area contributed by atoms with Gasteiger partial charge in [0.1, 0.15) is 0 Å². The van der Waals surface area contributed by atoms with E-state index < -0.39 is 0 Å². The normalized spacial score (nSPS) is 12.4. The molecule has 0 amide bonds. The van der Waals surface area contributed by atoms with Crippen LogP contribution in [0.1, 0.15) is 36.4 Å². The predicted molar refractivity (Wildman–Crippen MR) is 90.9 cm³/mol. The first-order chi connectivity index (χ1) is 11.7. The van der Waals surface area contributed by atoms with Crippen molar-refractivity contribution in [2.24, 2.45) is 0 Å². The smallest absolute Gasteiger partial charge is 0.343 e. The van der Waals surface area contributed by atoms with E-state index in [0.717, 1.165) is 6.42 Å². The quantitative estimate of drug-likeness (QED) is 0.662. The van der Waals surface area contributed by atoms with Crippen molar-refractivity contribution in [3.63, 3.8) is 0 Å². The molecule has 7 nitrogen and oxygen atoms in total. The lowest BCUT2D eigenvalue weighted by Crippen LogP contribution is -2.19. The van der Waals surface area contributed by atoms with Crippen LogP contribution in [0.3, 0.4) is 0 Å². The molecule has 2 heterocycles. The number of aromatic amines is 1. The molecule has 0 saturated carbocycles. The molecule has 0 radical (unpaired) electrons. The second-order valence-corrected chi connectivity index (χ2v) is 6.65. The summed E-state index contributed by atoms with van der Waals surface area (Å²) in [6.45, 7) is 4.49. The molecule has 24 heavy (non-hydrogen) atoms. The standard InChI is InChI=1S/C16H19N5O2S/c1-3-13-17-18-14(23-13)11(2)24-16-20-19-15(22)21(16)10-9-12-7-5-4-6-8-12/h4-8,11H,3,9-10H2,1-2H3,(H,19,22)/t11-/m0/s1. The second kappa shape index (κ2) is 7.48. The Labute approximate surface area is 143 Å². The fraction of sp³-hybridized carbons (Fsp3) is 0.375. The molecule has 0 aliphatic rings. The highest BCUT2D eigenvalue weighted by molar-refractivity contribution is 7.99. The first kappa shape index (κ1) is 16.5. The number of thioether (sulfide) groups is 1. The predicted octanol–water partition coefficient (Wildman–Crippen LogP) is 2.61. The Kier molecular flexibility index (Phi) is 5.14. The molecular weight excluding hydrogens is 326 g/mol. The first-order valence-corrected chi connectivity index (χ1v) is 8.73. The van der Waals surface area contributed by atoms with Crippen LogP contribution in [0.4, 0.5) is 0 Å². The van der Waals surface area contributed by atoms with Crippen molar-refractivity contribution < 1.29 is 4.42 Å². The Morgan fingerprint density at radius 2 is 2.08 bits per heavy atom. The lowest BCUT2D eigenvalue weighted by Gasteiger charge is -2.08. The van der Waals surface area contributed by atoms with E-state index in [1.165, 1.54) is 17.3 Å². The van der Waals surface area contributed by atoms with E-state index in [1.807, 2.05) is 44.2 Å². The van der Waals surface area contributed by atoms with Gasteiger partial charge in [-0.15, -0.1) is 15.3 Å². The average Bonchev–Trinajstić information content (AvgIpc) is 3.21. The lowest BCUT2D eigenvalue weighted by atomic mass is 10.1. The number of H-pyrrole nitrogens is 1. The minimum atomic E-state index is -0.208. The van der Waals surface area contributed by atoms with Crippen LogP contribution in [0.25, 0.3) is 0 Å². The van der Waals surface area contributed by atoms with Gasteiger partial charge in [-0.1, -0.05) is 49.0 Å². The minimum absolute atomic E-state index is 0.0801. The van der Waals surface area contributed by atoms with E-state index >= 15 is 0 Å². The van der Waals surface area contributed by atoms with Crippen LogP contribution in [0.15, 0.2) is 44.7 Å². The van der Waals surface area contributed by atoms with Crippen LogP contribution in [0, 0.1) is 0 Å². The van der Waals surface area contributed by atoms with E-state index in [0.29, 0.717) is 29.9 Å². The van der Waals surface area contributed by atoms with Gasteiger partial charge in [-0.05, 0) is 18.9 Å². The fourth-order valence-corrected chi connectivity index (χ4v) is 3.17. The van der Waals surface area contributed by atoms with Crippen molar-refractivity contribution in [2.45, 2.75) is 43.6 Å². The van der Waals surface area contributed by atoms with Gasteiger partial charge in [0.05, 0.1) is 5.25 Å². The number of nitrogens with one attached hydrogen (secondary N) is 1. The summed E-state index contributed by atoms with van der Waals surface area (Å²) < 4.78 is 7.22. The molecule has 0 bridgehead atoms. The van der Waals surface area contributed by atoms with Crippen LogP contribution in [0.2, 0.25) is 0 Å². The zero-order valence-corrected chi connectivity index (χ0v) is 14.4. The zero-order valence-electron chi connectivity index (χ0n) is 13.6. The van der Waals surface area contributed by atoms with Crippen molar-refractivity contribution in [1.29, 1.82) is 0 Å². The summed E-state index contributed by atoms with van der Waals surface area (Å²) in [5, 5.41) is 15.2. The van der Waals surface area contributed by atoms with Crippen LogP contribution < -0.4 is 5.69 Å². The molecule has 1 aromatic carbocycles. The molecule has 1 atom stereocenters. The van der Waals surface area contributed by atoms with E-state index in [1.54, 1.807) is 4.57 Å². The van der Waals surface area contributed by atoms with Gasteiger partial charge in [0.25, 0.3) is 0 Å². The highest BCUT2D eigenvalue weighted by Crippen LogP contribution is 2.32. The number of benzene rings is 1. The fourth-order valence-electron chi connectivity index (χ4n) is 2.26. The van der Waals surface area contributed by atoms with Gasteiger partial charge in [0, 0.05) is 13.0 Å². The summed E-state index contributed by atoms with van der Waals surface area (Å²) in [4.78, 5) is 12.0. The number of hydrogen-bond donors (Lipinski definition) is 1. The maximum atomic E-state index is 12.0. The summed E-state index contributed by atoms with van der Waals surface area (Å²) in [5.41, 5.74) is 0.972. The molecule has 0 saturated heterocycles. The van der Waals surface area contributed by atoms with E-state index in [-0.39, 0.29) is 10.9 Å². The maximum absolute atomic E-state index is 12.0. The Balaban J connectivity index is 1.71. The molecule has 8 heteroatoms. The minimum Gasteiger partial charge on any atom is -0.424 e. The van der Waals surface area contributed by atoms with E-state index in [2.05, 4.69) is 20.4 Å². The Morgan fingerprint density at radius 3 is 2.79 bits per heavy atom. The molecule has 3 rings (SSSR count). The molecule has 126 valence electrons. The lowest BCUT2D eigenvalue weighted by molar-refractivity contribution is 0.455. The number of aryl methyl sites for hydroxylation is 2. The number of rotatable bonds is 7. The Hall–Kier alpha value is -2.35. The zero-order chi connectivity index (χ0) is 16.9. The highest BCUT2D eigenvalue weighted by Gasteiger charge is 2.19. The number of nitrogens with zero attached hydrogens (tertiary/aromatic N) is 4. The number of hydrogen-bond acceptors (Lipinski definition) is 6. The Morgan fingerprint density at radius 1 is 1.29 bits per heavy atom. The summed E-state index contributed by atoms with van der Waals surface area (Å²) in [6, 6.07) is 10.1. The third-order valence-corrected chi connectivity index (χ3v) is 4.68. The van der Waals surface area contributed by atoms with Crippen LogP contribution in [-0.2, 0) is 19.4 Å². The molecular formula is C16H19N5O2S. The highest BCUT2D eigenvalue weighted by atomic mass is 32.2. The molecule has 2 aromatic heterocycles. The van der Waals surface area contributed by atoms with E-state index in [9.17, 15) is 4.79 Å². The molecule has 0 aliphatic carbocycles. The number of aromatic nitrogens is 5. The van der Waals surface area contributed by atoms with Crippen molar-refractivity contribution in [1.82, 2.24) is 25.0 Å². The van der Waals surface area contributed by atoms with Crippen LogP contribution >= 0.6 is 11.8 Å². The van der Waals surface area contributed by atoms with Crippen molar-refractivity contribution in [3.05, 3.63) is 58.2 Å². The van der Waals surface area contributed by atoms with Crippen molar-refractivity contribution in [3.8, 4) is 0 Å². The SMILES string of the molecule is CCc1nnc([C@H](C)Sc2n[nH]c(=O)n2CCc2ccccc2)o1. The average molecular weight is 345 g/mol. The molecule has 0 fully saturated rings. The summed E-state index contributed by atoms with van der Waals surface area (Å²) in [5.74, 6) is 1.16. The van der Waals surface area contributed by atoms with Gasteiger partial charge in [0.15, 0.2) is 5.16 Å². The van der Waals surface area contributed by atoms with Gasteiger partial charge in [-0.2, -0.15) is 0 Å². The Bertz CT molecular complexity index is 840. The first-order valence-electron chi connectivity index (χ1n) is 7.85. The molecule has 0 spiro atoms. The van der Waals surface area contributed by atoms with Gasteiger partial charge >= 0.3 is 5.69 Å². The van der Waals surface area contributed by atoms with Crippen molar-refractivity contribution in [2.75, 3.05) is 0 Å². The third kappa shape index (κ3) is 3.76. The summed E-state index contributed by atoms with van der Waals surface area (Å²) in [7, 11) is 0. The molecule has 0 unspecified atom stereocenters. The maximum Gasteiger partial charge on any atom is 0.343 e. The van der Waals surface area contributed by atoms with Gasteiger partial charge in [0.2, 0.25) is 11.8 Å². The van der Waals surface area contributed by atoms with Crippen LogP contribution in [0.5, 0.6) is 0 Å². The molecule has 3 aromatic rings.